The molecule has 0 radical (unpaired) electrons. The standard InChI is InChI=1S/C15H25N3O/c1-5-13-6-8-14(9-7-13)12(2)16-10-11-17-15(19)18(3)4/h6-9,12,16H,5,10-11H2,1-4H3,(H,17,19). The van der Waals surface area contributed by atoms with Gasteiger partial charge in [0.15, 0.2) is 0 Å². The SMILES string of the molecule is CCc1ccc(C(C)NCCNC(=O)N(C)C)cc1. The molecule has 0 spiro atoms. The van der Waals surface area contributed by atoms with Crippen molar-refractivity contribution >= 4 is 6.03 Å². The Morgan fingerprint density at radius 3 is 2.37 bits per heavy atom. The number of rotatable bonds is 6. The number of carbonyl (C=O) groups excluding carboxylic acids is 1. The maximum absolute atomic E-state index is 11.3. The zero-order valence-electron chi connectivity index (χ0n) is 12.4. The predicted octanol–water partition coefficient (Wildman–Crippen LogP) is 2.17. The molecule has 4 heteroatoms. The average molecular weight is 263 g/mol. The quantitative estimate of drug-likeness (QED) is 0.773. The van der Waals surface area contributed by atoms with Gasteiger partial charge in [-0.05, 0) is 24.5 Å². The van der Waals surface area contributed by atoms with Crippen molar-refractivity contribution in [3.05, 3.63) is 35.4 Å². The first-order chi connectivity index (χ1) is 9.04. The van der Waals surface area contributed by atoms with E-state index in [1.54, 1.807) is 14.1 Å². The number of benzene rings is 1. The minimum atomic E-state index is -0.0539. The molecule has 0 aromatic heterocycles. The fraction of sp³-hybridized carbons (Fsp3) is 0.533. The second-order valence-electron chi connectivity index (χ2n) is 4.90. The van der Waals surface area contributed by atoms with E-state index in [1.165, 1.54) is 16.0 Å². The molecular weight excluding hydrogens is 238 g/mol. The summed E-state index contributed by atoms with van der Waals surface area (Å²) in [5.41, 5.74) is 2.63. The minimum absolute atomic E-state index is 0.0539. The van der Waals surface area contributed by atoms with E-state index in [2.05, 4.69) is 48.7 Å². The molecule has 1 aromatic rings. The molecule has 106 valence electrons. The van der Waals surface area contributed by atoms with Crippen molar-refractivity contribution in [1.29, 1.82) is 0 Å². The van der Waals surface area contributed by atoms with Crippen molar-refractivity contribution in [2.75, 3.05) is 27.2 Å². The van der Waals surface area contributed by atoms with Gasteiger partial charge in [-0.25, -0.2) is 4.79 Å². The van der Waals surface area contributed by atoms with E-state index < -0.39 is 0 Å². The van der Waals surface area contributed by atoms with Crippen molar-refractivity contribution < 1.29 is 4.79 Å². The Labute approximate surface area is 116 Å². The molecule has 2 N–H and O–H groups in total. The highest BCUT2D eigenvalue weighted by atomic mass is 16.2. The highest BCUT2D eigenvalue weighted by Gasteiger charge is 2.05. The van der Waals surface area contributed by atoms with Gasteiger partial charge in [0.25, 0.3) is 0 Å². The number of urea groups is 1. The highest BCUT2D eigenvalue weighted by molar-refractivity contribution is 5.73. The van der Waals surface area contributed by atoms with Gasteiger partial charge in [0.2, 0.25) is 0 Å². The zero-order valence-corrected chi connectivity index (χ0v) is 12.4. The van der Waals surface area contributed by atoms with Crippen LogP contribution in [-0.4, -0.2) is 38.1 Å². The van der Waals surface area contributed by atoms with Gasteiger partial charge in [-0.1, -0.05) is 31.2 Å². The number of nitrogens with one attached hydrogen (secondary N) is 2. The third-order valence-corrected chi connectivity index (χ3v) is 3.15. The monoisotopic (exact) mass is 263 g/mol. The van der Waals surface area contributed by atoms with Crippen molar-refractivity contribution in [1.82, 2.24) is 15.5 Å². The van der Waals surface area contributed by atoms with Gasteiger partial charge in [-0.3, -0.25) is 0 Å². The second-order valence-corrected chi connectivity index (χ2v) is 4.90. The highest BCUT2D eigenvalue weighted by Crippen LogP contribution is 2.13. The molecule has 1 rings (SSSR count). The van der Waals surface area contributed by atoms with Crippen LogP contribution in [-0.2, 0) is 6.42 Å². The summed E-state index contributed by atoms with van der Waals surface area (Å²) in [6.07, 6.45) is 1.07. The number of nitrogens with zero attached hydrogens (tertiary/aromatic N) is 1. The van der Waals surface area contributed by atoms with Gasteiger partial charge in [0.1, 0.15) is 0 Å². The second kappa shape index (κ2) is 7.79. The lowest BCUT2D eigenvalue weighted by atomic mass is 10.1. The molecule has 1 aromatic carbocycles. The third kappa shape index (κ3) is 5.30. The van der Waals surface area contributed by atoms with E-state index >= 15 is 0 Å². The fourth-order valence-corrected chi connectivity index (χ4v) is 1.78. The van der Waals surface area contributed by atoms with Gasteiger partial charge in [0, 0.05) is 33.2 Å². The Balaban J connectivity index is 2.30. The number of amides is 2. The van der Waals surface area contributed by atoms with Gasteiger partial charge in [0.05, 0.1) is 0 Å². The van der Waals surface area contributed by atoms with E-state index in [0.717, 1.165) is 13.0 Å². The molecule has 1 atom stereocenters. The first-order valence-corrected chi connectivity index (χ1v) is 6.82. The number of hydrogen-bond acceptors (Lipinski definition) is 2. The summed E-state index contributed by atoms with van der Waals surface area (Å²) in [5.74, 6) is 0. The molecule has 0 fully saturated rings. The van der Waals surface area contributed by atoms with Gasteiger partial charge in [-0.2, -0.15) is 0 Å². The van der Waals surface area contributed by atoms with Gasteiger partial charge >= 0.3 is 6.03 Å². The lowest BCUT2D eigenvalue weighted by molar-refractivity contribution is 0.217. The molecule has 0 aliphatic rings. The van der Waals surface area contributed by atoms with Crippen LogP contribution in [0.2, 0.25) is 0 Å². The molecule has 0 aliphatic carbocycles. The number of hydrogen-bond donors (Lipinski definition) is 2. The number of aryl methyl sites for hydroxylation is 1. The summed E-state index contributed by atoms with van der Waals surface area (Å²) in [4.78, 5) is 12.8. The van der Waals surface area contributed by atoms with Crippen LogP contribution in [0, 0.1) is 0 Å². The zero-order chi connectivity index (χ0) is 14.3. The average Bonchev–Trinajstić information content (AvgIpc) is 2.43. The Bertz CT molecular complexity index is 387. The van der Waals surface area contributed by atoms with Crippen molar-refractivity contribution in [2.45, 2.75) is 26.3 Å². The molecule has 0 heterocycles. The molecule has 0 aliphatic heterocycles. The Morgan fingerprint density at radius 2 is 1.84 bits per heavy atom. The Hall–Kier alpha value is -1.55. The smallest absolute Gasteiger partial charge is 0.316 e. The summed E-state index contributed by atoms with van der Waals surface area (Å²) < 4.78 is 0. The van der Waals surface area contributed by atoms with Crippen LogP contribution in [0.5, 0.6) is 0 Å². The van der Waals surface area contributed by atoms with Crippen LogP contribution in [0.3, 0.4) is 0 Å². The molecule has 0 saturated heterocycles. The van der Waals surface area contributed by atoms with Crippen molar-refractivity contribution in [2.24, 2.45) is 0 Å². The van der Waals surface area contributed by atoms with Crippen molar-refractivity contribution in [3.63, 3.8) is 0 Å². The summed E-state index contributed by atoms with van der Waals surface area (Å²) >= 11 is 0. The maximum atomic E-state index is 11.3. The first kappa shape index (κ1) is 15.5. The Kier molecular flexibility index (Phi) is 6.36. The van der Waals surface area contributed by atoms with Crippen LogP contribution in [0.25, 0.3) is 0 Å². The minimum Gasteiger partial charge on any atom is -0.337 e. The molecular formula is C15H25N3O. The van der Waals surface area contributed by atoms with Crippen LogP contribution in [0.15, 0.2) is 24.3 Å². The lowest BCUT2D eigenvalue weighted by Crippen LogP contribution is -2.38. The molecule has 0 saturated carbocycles. The normalized spacial score (nSPS) is 12.0. The summed E-state index contributed by atoms with van der Waals surface area (Å²) in [7, 11) is 3.47. The van der Waals surface area contributed by atoms with Crippen LogP contribution in [0.1, 0.15) is 31.0 Å². The van der Waals surface area contributed by atoms with E-state index in [-0.39, 0.29) is 6.03 Å². The third-order valence-electron chi connectivity index (χ3n) is 3.15. The Morgan fingerprint density at radius 1 is 1.21 bits per heavy atom. The summed E-state index contributed by atoms with van der Waals surface area (Å²) in [5, 5.41) is 6.23. The molecule has 0 bridgehead atoms. The van der Waals surface area contributed by atoms with E-state index in [9.17, 15) is 4.79 Å². The molecule has 19 heavy (non-hydrogen) atoms. The lowest BCUT2D eigenvalue weighted by Gasteiger charge is -2.16. The fourth-order valence-electron chi connectivity index (χ4n) is 1.78. The van der Waals surface area contributed by atoms with Crippen LogP contribution >= 0.6 is 0 Å². The van der Waals surface area contributed by atoms with E-state index in [4.69, 9.17) is 0 Å². The molecule has 1 unspecified atom stereocenters. The van der Waals surface area contributed by atoms with E-state index in [0.29, 0.717) is 12.6 Å². The maximum Gasteiger partial charge on any atom is 0.316 e. The van der Waals surface area contributed by atoms with Gasteiger partial charge < -0.3 is 15.5 Å². The van der Waals surface area contributed by atoms with Gasteiger partial charge in [-0.15, -0.1) is 0 Å². The van der Waals surface area contributed by atoms with E-state index in [1.807, 2.05) is 0 Å². The number of carbonyl (C=O) groups is 1. The molecule has 2 amide bonds. The van der Waals surface area contributed by atoms with Crippen LogP contribution in [0.4, 0.5) is 4.79 Å². The first-order valence-electron chi connectivity index (χ1n) is 6.82. The summed E-state index contributed by atoms with van der Waals surface area (Å²) in [6, 6.07) is 8.90. The topological polar surface area (TPSA) is 44.4 Å². The van der Waals surface area contributed by atoms with Crippen molar-refractivity contribution in [3.8, 4) is 0 Å². The predicted molar refractivity (Wildman–Crippen MR) is 79.3 cm³/mol. The summed E-state index contributed by atoms with van der Waals surface area (Å²) in [6.45, 7) is 5.68. The largest absolute Gasteiger partial charge is 0.337 e. The molecule has 4 nitrogen and oxygen atoms in total. The van der Waals surface area contributed by atoms with Crippen LogP contribution < -0.4 is 10.6 Å².